The average molecular weight is 442 g/mol. The van der Waals surface area contributed by atoms with Crippen molar-refractivity contribution >= 4 is 46.6 Å². The topological polar surface area (TPSA) is 56.1 Å². The maximum absolute atomic E-state index is 12.7. The van der Waals surface area contributed by atoms with Gasteiger partial charge in [0.2, 0.25) is 0 Å². The van der Waals surface area contributed by atoms with Gasteiger partial charge >= 0.3 is 0 Å². The van der Waals surface area contributed by atoms with Gasteiger partial charge in [-0.1, -0.05) is 36.2 Å². The van der Waals surface area contributed by atoms with Gasteiger partial charge in [-0.05, 0) is 80.1 Å². The summed E-state index contributed by atoms with van der Waals surface area (Å²) in [6.45, 7) is 8.43. The van der Waals surface area contributed by atoms with Gasteiger partial charge in [-0.3, -0.25) is 4.79 Å². The van der Waals surface area contributed by atoms with Crippen LogP contribution in [0.4, 0.5) is 11.4 Å². The van der Waals surface area contributed by atoms with Crippen LogP contribution in [0, 0.1) is 18.3 Å². The molecule has 0 saturated carbocycles. The summed E-state index contributed by atoms with van der Waals surface area (Å²) in [5.41, 5.74) is 4.23. The van der Waals surface area contributed by atoms with E-state index >= 15 is 0 Å². The Morgan fingerprint density at radius 3 is 2.67 bits per heavy atom. The lowest BCUT2D eigenvalue weighted by molar-refractivity contribution is -0.112. The van der Waals surface area contributed by atoms with E-state index in [1.807, 2.05) is 25.1 Å². The number of anilines is 2. The van der Waals surface area contributed by atoms with Crippen molar-refractivity contribution in [3.8, 4) is 6.07 Å². The van der Waals surface area contributed by atoms with Gasteiger partial charge in [0.25, 0.3) is 5.91 Å². The molecular formula is C24H25Cl2N3O. The Morgan fingerprint density at radius 2 is 2.00 bits per heavy atom. The van der Waals surface area contributed by atoms with Crippen molar-refractivity contribution in [2.24, 2.45) is 0 Å². The van der Waals surface area contributed by atoms with Gasteiger partial charge in [0, 0.05) is 34.0 Å². The first-order valence-corrected chi connectivity index (χ1v) is 10.6. The van der Waals surface area contributed by atoms with Crippen LogP contribution < -0.4 is 10.2 Å². The van der Waals surface area contributed by atoms with E-state index in [0.717, 1.165) is 23.2 Å². The summed E-state index contributed by atoms with van der Waals surface area (Å²) in [5.74, 6) is -0.160. The zero-order valence-corrected chi connectivity index (χ0v) is 19.3. The molecule has 0 radical (unpaired) electrons. The third-order valence-corrected chi connectivity index (χ3v) is 6.67. The summed E-state index contributed by atoms with van der Waals surface area (Å²) in [6.07, 6.45) is 2.55. The van der Waals surface area contributed by atoms with E-state index in [0.29, 0.717) is 27.2 Å². The zero-order valence-electron chi connectivity index (χ0n) is 17.8. The van der Waals surface area contributed by atoms with Gasteiger partial charge in [0.05, 0.1) is 0 Å². The first kappa shape index (κ1) is 22.2. The van der Waals surface area contributed by atoms with Crippen molar-refractivity contribution in [1.82, 2.24) is 0 Å². The molecule has 4 nitrogen and oxygen atoms in total. The van der Waals surface area contributed by atoms with Crippen molar-refractivity contribution in [2.45, 2.75) is 45.6 Å². The second kappa shape index (κ2) is 8.34. The fourth-order valence-electron chi connectivity index (χ4n) is 3.95. The summed E-state index contributed by atoms with van der Waals surface area (Å²) in [5, 5.41) is 13.4. The number of carbonyl (C=O) groups excluding carboxylic acids is 1. The molecule has 6 heteroatoms. The molecule has 1 heterocycles. The quantitative estimate of drug-likeness (QED) is 0.432. The molecule has 30 heavy (non-hydrogen) atoms. The molecule has 1 aliphatic rings. The van der Waals surface area contributed by atoms with Crippen LogP contribution in [0.2, 0.25) is 10.0 Å². The normalized spacial score (nSPS) is 17.9. The summed E-state index contributed by atoms with van der Waals surface area (Å²) in [4.78, 5) is 15.0. The highest BCUT2D eigenvalue weighted by Gasteiger charge is 2.34. The van der Waals surface area contributed by atoms with Crippen molar-refractivity contribution in [3.63, 3.8) is 0 Å². The number of hydrogen-bond donors (Lipinski definition) is 1. The van der Waals surface area contributed by atoms with Gasteiger partial charge in [0.1, 0.15) is 11.6 Å². The molecule has 1 atom stereocenters. The minimum Gasteiger partial charge on any atom is -0.369 e. The predicted octanol–water partition coefficient (Wildman–Crippen LogP) is 6.57. The molecule has 0 saturated heterocycles. The van der Waals surface area contributed by atoms with Crippen molar-refractivity contribution < 1.29 is 4.79 Å². The van der Waals surface area contributed by atoms with Crippen molar-refractivity contribution in [1.29, 1.82) is 5.26 Å². The SMILES string of the molecule is Cc1c(Cl)cccc1NC(=O)/C(C#N)=C\c1cc2c(cc1Cl)N(C)C(C)(C)C[C@@H]2C. The van der Waals surface area contributed by atoms with Gasteiger partial charge < -0.3 is 10.2 Å². The first-order valence-electron chi connectivity index (χ1n) is 9.80. The van der Waals surface area contributed by atoms with Crippen LogP contribution in [0.3, 0.4) is 0 Å². The highest BCUT2D eigenvalue weighted by molar-refractivity contribution is 6.33. The molecule has 1 aliphatic heterocycles. The van der Waals surface area contributed by atoms with Crippen molar-refractivity contribution in [3.05, 3.63) is 62.6 Å². The predicted molar refractivity (Wildman–Crippen MR) is 125 cm³/mol. The highest BCUT2D eigenvalue weighted by Crippen LogP contribution is 2.44. The van der Waals surface area contributed by atoms with E-state index in [4.69, 9.17) is 23.2 Å². The fraction of sp³-hybridized carbons (Fsp3) is 0.333. The minimum absolute atomic E-state index is 0.0200. The van der Waals surface area contributed by atoms with E-state index in [-0.39, 0.29) is 11.1 Å². The van der Waals surface area contributed by atoms with Crippen LogP contribution in [-0.2, 0) is 4.79 Å². The second-order valence-electron chi connectivity index (χ2n) is 8.45. The van der Waals surface area contributed by atoms with Gasteiger partial charge in [-0.25, -0.2) is 0 Å². The zero-order chi connectivity index (χ0) is 22.2. The number of benzene rings is 2. The van der Waals surface area contributed by atoms with E-state index in [1.54, 1.807) is 24.3 Å². The number of nitrogens with zero attached hydrogens (tertiary/aromatic N) is 2. The van der Waals surface area contributed by atoms with Crippen LogP contribution in [0.25, 0.3) is 6.08 Å². The van der Waals surface area contributed by atoms with Gasteiger partial charge in [-0.15, -0.1) is 0 Å². The van der Waals surface area contributed by atoms with Crippen LogP contribution in [-0.4, -0.2) is 18.5 Å². The van der Waals surface area contributed by atoms with Crippen LogP contribution in [0.15, 0.2) is 35.9 Å². The highest BCUT2D eigenvalue weighted by atomic mass is 35.5. The van der Waals surface area contributed by atoms with E-state index in [2.05, 4.69) is 38.0 Å². The number of carbonyl (C=O) groups is 1. The molecule has 0 unspecified atom stereocenters. The Kier molecular flexibility index (Phi) is 6.17. The number of fused-ring (bicyclic) bond motifs is 1. The monoisotopic (exact) mass is 441 g/mol. The second-order valence-corrected chi connectivity index (χ2v) is 9.26. The Bertz CT molecular complexity index is 1080. The van der Waals surface area contributed by atoms with Crippen LogP contribution in [0.5, 0.6) is 0 Å². The fourth-order valence-corrected chi connectivity index (χ4v) is 4.34. The number of amides is 1. The first-order chi connectivity index (χ1) is 14.0. The molecule has 0 aliphatic carbocycles. The molecular weight excluding hydrogens is 417 g/mol. The lowest BCUT2D eigenvalue weighted by Crippen LogP contribution is -2.45. The number of nitrogens with one attached hydrogen (secondary N) is 1. The Balaban J connectivity index is 1.97. The maximum Gasteiger partial charge on any atom is 0.266 e. The summed E-state index contributed by atoms with van der Waals surface area (Å²) in [7, 11) is 2.07. The van der Waals surface area contributed by atoms with Gasteiger partial charge in [-0.2, -0.15) is 5.26 Å². The molecule has 0 fully saturated rings. The van der Waals surface area contributed by atoms with Crippen LogP contribution in [0.1, 0.15) is 49.8 Å². The van der Waals surface area contributed by atoms with E-state index in [9.17, 15) is 10.1 Å². The Labute approximate surface area is 188 Å². The third kappa shape index (κ3) is 4.19. The average Bonchev–Trinajstić information content (AvgIpc) is 2.68. The molecule has 1 amide bonds. The largest absolute Gasteiger partial charge is 0.369 e. The van der Waals surface area contributed by atoms with E-state index < -0.39 is 5.91 Å². The standard InChI is InChI=1S/C24H25Cl2N3O/c1-14-12-24(3,4)29(5)22-11-20(26)16(10-18(14)22)9-17(13-27)23(30)28-21-8-6-7-19(25)15(21)2/h6-11,14H,12H2,1-5H3,(H,28,30)/b17-9-/t14-/m0/s1. The molecule has 1 N–H and O–H groups in total. The number of nitriles is 1. The number of hydrogen-bond acceptors (Lipinski definition) is 3. The summed E-state index contributed by atoms with van der Waals surface area (Å²) < 4.78 is 0. The lowest BCUT2D eigenvalue weighted by atomic mass is 9.80. The van der Waals surface area contributed by atoms with E-state index in [1.165, 1.54) is 0 Å². The molecule has 2 aromatic carbocycles. The summed E-state index contributed by atoms with van der Waals surface area (Å²) in [6, 6.07) is 11.2. The Morgan fingerprint density at radius 1 is 1.30 bits per heavy atom. The van der Waals surface area contributed by atoms with Gasteiger partial charge in [0.15, 0.2) is 0 Å². The molecule has 156 valence electrons. The third-order valence-electron chi connectivity index (χ3n) is 5.93. The minimum atomic E-state index is -0.497. The lowest BCUT2D eigenvalue weighted by Gasteiger charge is -2.45. The number of rotatable bonds is 3. The smallest absolute Gasteiger partial charge is 0.266 e. The van der Waals surface area contributed by atoms with Crippen molar-refractivity contribution in [2.75, 3.05) is 17.3 Å². The maximum atomic E-state index is 12.7. The summed E-state index contributed by atoms with van der Waals surface area (Å²) >= 11 is 12.7. The molecule has 2 aromatic rings. The Hall–Kier alpha value is -2.48. The molecule has 0 spiro atoms. The molecule has 0 aromatic heterocycles. The van der Waals surface area contributed by atoms with Crippen LogP contribution >= 0.6 is 23.2 Å². The molecule has 0 bridgehead atoms. The number of halogens is 2. The molecule has 3 rings (SSSR count).